The number of para-hydroxylation sites is 2. The summed E-state index contributed by atoms with van der Waals surface area (Å²) < 4.78 is 4.99. The Bertz CT molecular complexity index is 2950. The van der Waals surface area contributed by atoms with Crippen LogP contribution in [-0.4, -0.2) is 9.13 Å². The van der Waals surface area contributed by atoms with Gasteiger partial charge in [-0.05, 0) is 81.2 Å². The highest BCUT2D eigenvalue weighted by Gasteiger charge is 2.23. The number of hydrogen-bond acceptors (Lipinski definition) is 0. The van der Waals surface area contributed by atoms with Crippen LogP contribution in [-0.2, 0) is 0 Å². The quantitative estimate of drug-likeness (QED) is 0.178. The smallest absolute Gasteiger partial charge is 0.0549 e. The molecule has 0 aliphatic heterocycles. The van der Waals surface area contributed by atoms with Gasteiger partial charge >= 0.3 is 0 Å². The van der Waals surface area contributed by atoms with Crippen molar-refractivity contribution in [1.29, 1.82) is 0 Å². The SMILES string of the molecule is c1ccc(-c2cc3ccccc3cc2-n2c3ccccc3c3c4c5ccccc5n(-c5cc6ccccc6cc5-c5ccccc5)c4ccc32)cc1. The van der Waals surface area contributed by atoms with E-state index in [0.717, 1.165) is 0 Å². The fourth-order valence-corrected chi connectivity index (χ4v) is 8.56. The molecule has 2 heterocycles. The van der Waals surface area contributed by atoms with E-state index < -0.39 is 0 Å². The molecule has 2 nitrogen and oxygen atoms in total. The second-order valence-electron chi connectivity index (χ2n) is 13.7. The predicted molar refractivity (Wildman–Crippen MR) is 221 cm³/mol. The Balaban J connectivity index is 1.29. The normalized spacial score (nSPS) is 11.8. The summed E-state index contributed by atoms with van der Waals surface area (Å²) in [5, 5.41) is 9.98. The van der Waals surface area contributed by atoms with Gasteiger partial charge in [0.05, 0.1) is 33.4 Å². The number of fused-ring (bicyclic) bond motifs is 9. The maximum Gasteiger partial charge on any atom is 0.0549 e. The lowest BCUT2D eigenvalue weighted by Gasteiger charge is -2.17. The molecule has 0 N–H and O–H groups in total. The van der Waals surface area contributed by atoms with Gasteiger partial charge < -0.3 is 9.13 Å². The van der Waals surface area contributed by atoms with Gasteiger partial charge in [-0.3, -0.25) is 0 Å². The summed E-state index contributed by atoms with van der Waals surface area (Å²) in [4.78, 5) is 0. The first-order valence-electron chi connectivity index (χ1n) is 17.9. The Hall–Kier alpha value is -6.90. The van der Waals surface area contributed by atoms with E-state index in [1.807, 2.05) is 0 Å². The van der Waals surface area contributed by atoms with Crippen LogP contribution in [0.5, 0.6) is 0 Å². The molecular weight excluding hydrogens is 629 g/mol. The maximum atomic E-state index is 2.50. The molecule has 11 rings (SSSR count). The average Bonchev–Trinajstić information content (AvgIpc) is 3.73. The van der Waals surface area contributed by atoms with Crippen LogP contribution < -0.4 is 0 Å². The van der Waals surface area contributed by atoms with Crippen molar-refractivity contribution in [3.8, 4) is 33.6 Å². The van der Waals surface area contributed by atoms with Gasteiger partial charge in [0.15, 0.2) is 0 Å². The van der Waals surface area contributed by atoms with Crippen LogP contribution in [0, 0.1) is 0 Å². The molecule has 0 atom stereocenters. The van der Waals surface area contributed by atoms with E-state index in [4.69, 9.17) is 0 Å². The Morgan fingerprint density at radius 2 is 0.615 bits per heavy atom. The van der Waals surface area contributed by atoms with Crippen LogP contribution in [0.3, 0.4) is 0 Å². The second kappa shape index (κ2) is 11.3. The van der Waals surface area contributed by atoms with Gasteiger partial charge in [-0.1, -0.05) is 146 Å². The van der Waals surface area contributed by atoms with E-state index in [1.54, 1.807) is 0 Å². The van der Waals surface area contributed by atoms with Crippen molar-refractivity contribution < 1.29 is 0 Å². The van der Waals surface area contributed by atoms with Crippen molar-refractivity contribution >= 4 is 65.2 Å². The third-order valence-corrected chi connectivity index (χ3v) is 10.9. The van der Waals surface area contributed by atoms with Crippen LogP contribution in [0.25, 0.3) is 98.8 Å². The van der Waals surface area contributed by atoms with Crippen molar-refractivity contribution in [2.45, 2.75) is 0 Å². The minimum absolute atomic E-state index is 1.18. The number of hydrogen-bond donors (Lipinski definition) is 0. The fraction of sp³-hybridized carbons (Fsp3) is 0. The third-order valence-electron chi connectivity index (χ3n) is 10.9. The minimum Gasteiger partial charge on any atom is -0.309 e. The van der Waals surface area contributed by atoms with Gasteiger partial charge in [-0.15, -0.1) is 0 Å². The topological polar surface area (TPSA) is 9.86 Å². The van der Waals surface area contributed by atoms with Crippen LogP contribution in [0.15, 0.2) is 194 Å². The summed E-state index contributed by atoms with van der Waals surface area (Å²) in [6.07, 6.45) is 0. The fourth-order valence-electron chi connectivity index (χ4n) is 8.56. The monoisotopic (exact) mass is 660 g/mol. The summed E-state index contributed by atoms with van der Waals surface area (Å²) in [6, 6.07) is 71.0. The van der Waals surface area contributed by atoms with Gasteiger partial charge in [0.2, 0.25) is 0 Å². The lowest BCUT2D eigenvalue weighted by Crippen LogP contribution is -1.99. The van der Waals surface area contributed by atoms with E-state index >= 15 is 0 Å². The van der Waals surface area contributed by atoms with E-state index in [1.165, 1.54) is 98.8 Å². The zero-order valence-corrected chi connectivity index (χ0v) is 28.4. The van der Waals surface area contributed by atoms with Gasteiger partial charge in [0.1, 0.15) is 0 Å². The second-order valence-corrected chi connectivity index (χ2v) is 13.7. The van der Waals surface area contributed by atoms with Crippen molar-refractivity contribution in [3.05, 3.63) is 194 Å². The van der Waals surface area contributed by atoms with E-state index in [9.17, 15) is 0 Å². The summed E-state index contributed by atoms with van der Waals surface area (Å²) in [5.41, 5.74) is 12.0. The largest absolute Gasteiger partial charge is 0.309 e. The summed E-state index contributed by atoms with van der Waals surface area (Å²) in [6.45, 7) is 0. The zero-order chi connectivity index (χ0) is 34.2. The lowest BCUT2D eigenvalue weighted by atomic mass is 9.98. The lowest BCUT2D eigenvalue weighted by molar-refractivity contribution is 1.18. The van der Waals surface area contributed by atoms with Gasteiger partial charge in [-0.2, -0.15) is 0 Å². The Labute approximate surface area is 301 Å². The molecule has 0 fully saturated rings. The molecule has 242 valence electrons. The summed E-state index contributed by atoms with van der Waals surface area (Å²) in [5.74, 6) is 0. The molecule has 52 heavy (non-hydrogen) atoms. The molecule has 0 aliphatic rings. The van der Waals surface area contributed by atoms with Crippen LogP contribution in [0.2, 0.25) is 0 Å². The standard InChI is InChI=1S/C50H32N2/c1-3-15-33(16-4-1)41-29-35-19-7-9-21-37(35)31-47(41)51-43-25-13-11-23-39(43)49-45(51)27-28-46-50(49)40-24-12-14-26-44(40)52(46)48-32-38-22-10-8-20-36(38)30-42(48)34-17-5-2-6-18-34/h1-32H. The van der Waals surface area contributed by atoms with Crippen LogP contribution in [0.1, 0.15) is 0 Å². The number of nitrogens with zero attached hydrogens (tertiary/aromatic N) is 2. The molecule has 0 aliphatic carbocycles. The zero-order valence-electron chi connectivity index (χ0n) is 28.4. The van der Waals surface area contributed by atoms with E-state index in [0.29, 0.717) is 0 Å². The number of benzene rings is 9. The van der Waals surface area contributed by atoms with Gasteiger partial charge in [0, 0.05) is 32.7 Å². The van der Waals surface area contributed by atoms with Crippen molar-refractivity contribution in [1.82, 2.24) is 9.13 Å². The highest BCUT2D eigenvalue weighted by atomic mass is 15.0. The molecule has 0 unspecified atom stereocenters. The molecule has 0 saturated carbocycles. The molecule has 2 heteroatoms. The van der Waals surface area contributed by atoms with E-state index in [-0.39, 0.29) is 0 Å². The highest BCUT2D eigenvalue weighted by Crippen LogP contribution is 2.45. The van der Waals surface area contributed by atoms with Crippen LogP contribution >= 0.6 is 0 Å². The minimum atomic E-state index is 1.18. The first kappa shape index (κ1) is 28.9. The van der Waals surface area contributed by atoms with Crippen molar-refractivity contribution in [3.63, 3.8) is 0 Å². The van der Waals surface area contributed by atoms with Gasteiger partial charge in [0.25, 0.3) is 0 Å². The van der Waals surface area contributed by atoms with Gasteiger partial charge in [-0.25, -0.2) is 0 Å². The molecule has 0 amide bonds. The maximum absolute atomic E-state index is 2.50. The molecule has 2 aromatic heterocycles. The number of aromatic nitrogens is 2. The summed E-state index contributed by atoms with van der Waals surface area (Å²) in [7, 11) is 0. The van der Waals surface area contributed by atoms with Crippen molar-refractivity contribution in [2.75, 3.05) is 0 Å². The molecule has 0 spiro atoms. The first-order valence-corrected chi connectivity index (χ1v) is 17.9. The Morgan fingerprint density at radius 1 is 0.269 bits per heavy atom. The predicted octanol–water partition coefficient (Wildman–Crippen LogP) is 13.5. The first-order chi connectivity index (χ1) is 25.8. The molecular formula is C50H32N2. The summed E-state index contributed by atoms with van der Waals surface area (Å²) >= 11 is 0. The molecule has 0 saturated heterocycles. The molecule has 0 radical (unpaired) electrons. The molecule has 11 aromatic rings. The number of rotatable bonds is 4. The Kier molecular flexibility index (Phi) is 6.28. The highest BCUT2D eigenvalue weighted by molar-refractivity contribution is 6.29. The molecule has 9 aromatic carbocycles. The van der Waals surface area contributed by atoms with Crippen LogP contribution in [0.4, 0.5) is 0 Å². The Morgan fingerprint density at radius 3 is 1.04 bits per heavy atom. The van der Waals surface area contributed by atoms with Crippen molar-refractivity contribution in [2.24, 2.45) is 0 Å². The molecule has 0 bridgehead atoms. The average molecular weight is 661 g/mol. The third kappa shape index (κ3) is 4.25. The van der Waals surface area contributed by atoms with E-state index in [2.05, 4.69) is 203 Å².